The quantitative estimate of drug-likeness (QED) is 0.185. The van der Waals surface area contributed by atoms with Crippen molar-refractivity contribution in [3.63, 3.8) is 0 Å². The Bertz CT molecular complexity index is 1240. The van der Waals surface area contributed by atoms with E-state index in [1.54, 1.807) is 40.2 Å². The van der Waals surface area contributed by atoms with E-state index >= 15 is 0 Å². The van der Waals surface area contributed by atoms with Crippen molar-refractivity contribution in [3.8, 4) is 16.9 Å². The molecule has 0 aliphatic heterocycles. The van der Waals surface area contributed by atoms with E-state index in [0.717, 1.165) is 10.2 Å². The molecule has 0 aliphatic rings. The Kier molecular flexibility index (Phi) is 8.77. The van der Waals surface area contributed by atoms with Crippen LogP contribution in [0.25, 0.3) is 11.1 Å². The van der Waals surface area contributed by atoms with Crippen LogP contribution in [0, 0.1) is 5.41 Å². The average molecular weight is 585 g/mol. The Balaban J connectivity index is 1.86. The second-order valence-electron chi connectivity index (χ2n) is 7.80. The molecule has 9 heteroatoms. The van der Waals surface area contributed by atoms with Crippen molar-refractivity contribution in [1.82, 2.24) is 0 Å². The Morgan fingerprint density at radius 2 is 1.77 bits per heavy atom. The van der Waals surface area contributed by atoms with E-state index in [2.05, 4.69) is 10.1 Å². The molecule has 1 radical (unpaired) electrons. The Labute approximate surface area is 211 Å². The van der Waals surface area contributed by atoms with Gasteiger partial charge in [0.1, 0.15) is 0 Å². The predicted octanol–water partition coefficient (Wildman–Crippen LogP) is 5.96. The van der Waals surface area contributed by atoms with Gasteiger partial charge in [0, 0.05) is 0 Å². The number of carbonyl (C=O) groups is 1. The van der Waals surface area contributed by atoms with E-state index < -0.39 is 41.3 Å². The number of hydrogen-bond donors (Lipinski definition) is 2. The number of benzene rings is 3. The van der Waals surface area contributed by atoms with E-state index in [1.807, 2.05) is 6.07 Å². The van der Waals surface area contributed by atoms with Gasteiger partial charge in [0.15, 0.2) is 0 Å². The van der Waals surface area contributed by atoms with E-state index in [0.29, 0.717) is 11.1 Å². The van der Waals surface area contributed by atoms with Crippen LogP contribution in [-0.2, 0) is 10.7 Å². The van der Waals surface area contributed by atoms with Crippen LogP contribution in [0.2, 0.25) is 0 Å². The molecule has 0 unspecified atom stereocenters. The van der Waals surface area contributed by atoms with Gasteiger partial charge < -0.3 is 0 Å². The molecule has 1 amide bonds. The van der Waals surface area contributed by atoms with E-state index in [4.69, 9.17) is 5.41 Å². The van der Waals surface area contributed by atoms with E-state index in [9.17, 15) is 22.4 Å². The number of carbonyl (C=O) groups excluding carboxylic acids is 1. The van der Waals surface area contributed by atoms with Crippen molar-refractivity contribution in [2.75, 3.05) is 5.32 Å². The molecular weight excluding hydrogens is 563 g/mol. The second kappa shape index (κ2) is 11.6. The van der Waals surface area contributed by atoms with Crippen molar-refractivity contribution in [2.45, 2.75) is 26.4 Å². The third-order valence-electron chi connectivity index (χ3n) is 5.02. The fourth-order valence-electron chi connectivity index (χ4n) is 3.31. The summed E-state index contributed by atoms with van der Waals surface area (Å²) in [5, 5.41) is 10.6. The molecule has 2 N–H and O–H groups in total. The van der Waals surface area contributed by atoms with Crippen LogP contribution < -0.4 is 13.4 Å². The second-order valence-corrected chi connectivity index (χ2v) is 11.6. The van der Waals surface area contributed by atoms with Crippen LogP contribution in [0.1, 0.15) is 19.4 Å². The molecule has 0 heterocycles. The molecular formula is C26H22F4InN2O2. The summed E-state index contributed by atoms with van der Waals surface area (Å²) in [6.45, 7) is -0.720. The number of halogens is 4. The van der Waals surface area contributed by atoms with Crippen molar-refractivity contribution >= 4 is 43.5 Å². The van der Waals surface area contributed by atoms with Crippen molar-refractivity contribution in [1.29, 1.82) is 5.41 Å². The Morgan fingerprint density at radius 1 is 1.06 bits per heavy atom. The molecule has 3 aromatic carbocycles. The number of alkyl halides is 4. The number of amides is 1. The minimum absolute atomic E-state index is 0.0340. The molecule has 0 saturated carbocycles. The first kappa shape index (κ1) is 26.5. The minimum atomic E-state index is -3.05. The summed E-state index contributed by atoms with van der Waals surface area (Å²) in [6, 6.07) is 19.3. The van der Waals surface area contributed by atoms with Crippen molar-refractivity contribution in [2.24, 2.45) is 0 Å². The molecule has 0 atom stereocenters. The molecule has 3 aromatic rings. The summed E-state index contributed by atoms with van der Waals surface area (Å²) in [7, 11) is 0. The number of rotatable bonds is 9. The number of anilines is 1. The number of hydrogen-bond acceptors (Lipinski definition) is 3. The maximum atomic E-state index is 13.6. The van der Waals surface area contributed by atoms with E-state index in [1.165, 1.54) is 37.3 Å². The molecule has 0 saturated heterocycles. The van der Waals surface area contributed by atoms with Crippen LogP contribution >= 0.6 is 0 Å². The molecule has 0 fully saturated rings. The SMILES string of the molecule is CC(=N)/C(=[CH]\[In][c]1ccc(OC(F)F)c(-c2ccccc2)c1)C(=O)Nc1cccc(C(C)(F)F)c1. The van der Waals surface area contributed by atoms with Gasteiger partial charge in [0.05, 0.1) is 0 Å². The van der Waals surface area contributed by atoms with Gasteiger partial charge in [-0.25, -0.2) is 0 Å². The van der Waals surface area contributed by atoms with Gasteiger partial charge in [-0.2, -0.15) is 0 Å². The van der Waals surface area contributed by atoms with E-state index in [-0.39, 0.29) is 28.3 Å². The molecule has 0 bridgehead atoms. The molecule has 179 valence electrons. The average Bonchev–Trinajstić information content (AvgIpc) is 2.79. The van der Waals surface area contributed by atoms with Crippen LogP contribution in [0.15, 0.2) is 82.2 Å². The zero-order valence-electron chi connectivity index (χ0n) is 19.0. The first-order valence-corrected chi connectivity index (χ1v) is 14.1. The first-order valence-electron chi connectivity index (χ1n) is 10.6. The molecule has 35 heavy (non-hydrogen) atoms. The van der Waals surface area contributed by atoms with Gasteiger partial charge in [-0.1, -0.05) is 0 Å². The summed E-state index contributed by atoms with van der Waals surface area (Å²) in [5.74, 6) is -3.57. The van der Waals surface area contributed by atoms with Crippen LogP contribution in [0.3, 0.4) is 0 Å². The first-order chi connectivity index (χ1) is 16.5. The number of ether oxygens (including phenoxy) is 1. The summed E-state index contributed by atoms with van der Waals surface area (Å²) in [4.78, 5) is 12.8. The predicted molar refractivity (Wildman–Crippen MR) is 130 cm³/mol. The Hall–Kier alpha value is -3.07. The van der Waals surface area contributed by atoms with Crippen LogP contribution in [-0.4, -0.2) is 41.1 Å². The Morgan fingerprint density at radius 3 is 2.40 bits per heavy atom. The van der Waals surface area contributed by atoms with Crippen LogP contribution in [0.4, 0.5) is 23.2 Å². The zero-order chi connectivity index (χ0) is 25.6. The van der Waals surface area contributed by atoms with Gasteiger partial charge in [-0.15, -0.1) is 0 Å². The monoisotopic (exact) mass is 585 g/mol. The molecule has 3 rings (SSSR count). The van der Waals surface area contributed by atoms with Gasteiger partial charge in [0.2, 0.25) is 0 Å². The zero-order valence-corrected chi connectivity index (χ0v) is 22.3. The maximum absolute atomic E-state index is 13.6. The summed E-state index contributed by atoms with van der Waals surface area (Å²) >= 11 is -1.81. The molecule has 0 spiro atoms. The van der Waals surface area contributed by atoms with Crippen molar-refractivity contribution in [3.05, 3.63) is 87.8 Å². The standard InChI is InChI=1S/C13H13F2N2O.C13H9F2O.In/c1-8(9(2)16)12(18)17-11-6-4-5-10(7-11)13(3,14)15;14-13(15)16-12-9-5-4-8-11(12)10-6-2-1-3-7-10;/h1,4-7,16H,2-3H3,(H,17,18);1-3,5-9,13H;. The third kappa shape index (κ3) is 7.45. The molecule has 0 aromatic heterocycles. The summed E-state index contributed by atoms with van der Waals surface area (Å²) in [5.41, 5.74) is 1.38. The van der Waals surface area contributed by atoms with Gasteiger partial charge >= 0.3 is 212 Å². The van der Waals surface area contributed by atoms with Gasteiger partial charge in [0.25, 0.3) is 0 Å². The fourth-order valence-corrected chi connectivity index (χ4v) is 6.82. The summed E-state index contributed by atoms with van der Waals surface area (Å²) in [6.07, 6.45) is 0. The van der Waals surface area contributed by atoms with Gasteiger partial charge in [-0.3, -0.25) is 0 Å². The normalized spacial score (nSPS) is 11.8. The van der Waals surface area contributed by atoms with Crippen molar-refractivity contribution < 1.29 is 27.1 Å². The third-order valence-corrected chi connectivity index (χ3v) is 8.57. The van der Waals surface area contributed by atoms with Gasteiger partial charge in [-0.05, 0) is 0 Å². The van der Waals surface area contributed by atoms with Crippen LogP contribution in [0.5, 0.6) is 5.75 Å². The number of nitrogens with one attached hydrogen (secondary N) is 2. The molecule has 4 nitrogen and oxygen atoms in total. The molecule has 0 aliphatic carbocycles. The fraction of sp³-hybridized carbons (Fsp3) is 0.154. The summed E-state index contributed by atoms with van der Waals surface area (Å²) < 4.78 is 60.3. The topological polar surface area (TPSA) is 62.2 Å².